The van der Waals surface area contributed by atoms with Gasteiger partial charge in [0.15, 0.2) is 0 Å². The van der Waals surface area contributed by atoms with Crippen LogP contribution in [0.5, 0.6) is 0 Å². The number of carbonyl (C=O) groups is 1. The highest BCUT2D eigenvalue weighted by Crippen LogP contribution is 2.24. The van der Waals surface area contributed by atoms with Gasteiger partial charge in [-0.05, 0) is 31.9 Å². The minimum Gasteiger partial charge on any atom is -0.373 e. The van der Waals surface area contributed by atoms with Gasteiger partial charge in [-0.25, -0.2) is 9.97 Å². The number of carbonyl (C=O) groups excluding carboxylic acids is 1. The van der Waals surface area contributed by atoms with Crippen molar-refractivity contribution < 1.29 is 9.53 Å². The summed E-state index contributed by atoms with van der Waals surface area (Å²) in [6, 6.07) is 3.55. The van der Waals surface area contributed by atoms with Crippen LogP contribution in [-0.2, 0) is 4.74 Å². The molecule has 2 aromatic heterocycles. The lowest BCUT2D eigenvalue weighted by Crippen LogP contribution is -2.40. The Morgan fingerprint density at radius 2 is 2.14 bits per heavy atom. The van der Waals surface area contributed by atoms with Crippen LogP contribution in [0, 0.1) is 0 Å². The number of rotatable bonds is 4. The van der Waals surface area contributed by atoms with E-state index in [4.69, 9.17) is 4.74 Å². The number of nitrogens with zero attached hydrogens (tertiary/aromatic N) is 3. The summed E-state index contributed by atoms with van der Waals surface area (Å²) in [5.74, 6) is -0.139. The standard InChI is InChI=1S/C16H18N4O2/c1-16(5-2-6-22-16)10-20-15(21)12-3-4-14(19-9-12)13-7-17-11-18-8-13/h3-4,7-9,11H,2,5-6,10H2,1H3,(H,20,21). The summed E-state index contributed by atoms with van der Waals surface area (Å²) in [4.78, 5) is 24.4. The van der Waals surface area contributed by atoms with Gasteiger partial charge in [-0.15, -0.1) is 0 Å². The molecule has 0 radical (unpaired) electrons. The lowest BCUT2D eigenvalue weighted by Gasteiger charge is -2.23. The SMILES string of the molecule is CC1(CNC(=O)c2ccc(-c3cncnc3)nc2)CCCO1. The Balaban J connectivity index is 1.64. The topological polar surface area (TPSA) is 77.0 Å². The average Bonchev–Trinajstić information content (AvgIpc) is 3.01. The minimum atomic E-state index is -0.246. The third-order valence-corrected chi connectivity index (χ3v) is 3.81. The maximum Gasteiger partial charge on any atom is 0.252 e. The van der Waals surface area contributed by atoms with Crippen LogP contribution in [0.4, 0.5) is 0 Å². The van der Waals surface area contributed by atoms with Crippen molar-refractivity contribution >= 4 is 5.91 Å². The van der Waals surface area contributed by atoms with E-state index in [-0.39, 0.29) is 11.5 Å². The fourth-order valence-corrected chi connectivity index (χ4v) is 2.48. The van der Waals surface area contributed by atoms with Crippen LogP contribution in [0.25, 0.3) is 11.3 Å². The number of pyridine rings is 1. The van der Waals surface area contributed by atoms with Gasteiger partial charge in [-0.3, -0.25) is 9.78 Å². The van der Waals surface area contributed by atoms with E-state index in [9.17, 15) is 4.79 Å². The Morgan fingerprint density at radius 3 is 2.77 bits per heavy atom. The largest absolute Gasteiger partial charge is 0.373 e. The summed E-state index contributed by atoms with van der Waals surface area (Å²) in [5, 5.41) is 2.91. The number of hydrogen-bond donors (Lipinski definition) is 1. The lowest BCUT2D eigenvalue weighted by molar-refractivity contribution is 0.0206. The molecular formula is C16H18N4O2. The van der Waals surface area contributed by atoms with Crippen LogP contribution in [0.2, 0.25) is 0 Å². The van der Waals surface area contributed by atoms with Gasteiger partial charge in [-0.1, -0.05) is 0 Å². The van der Waals surface area contributed by atoms with Gasteiger partial charge in [-0.2, -0.15) is 0 Å². The molecule has 2 aromatic rings. The molecule has 0 bridgehead atoms. The number of nitrogens with one attached hydrogen (secondary N) is 1. The zero-order valence-electron chi connectivity index (χ0n) is 12.5. The Hall–Kier alpha value is -2.34. The van der Waals surface area contributed by atoms with Gasteiger partial charge in [0.1, 0.15) is 6.33 Å². The molecule has 0 spiro atoms. The molecule has 1 atom stereocenters. The van der Waals surface area contributed by atoms with Gasteiger partial charge < -0.3 is 10.1 Å². The fraction of sp³-hybridized carbons (Fsp3) is 0.375. The molecule has 1 aliphatic heterocycles. The van der Waals surface area contributed by atoms with Crippen LogP contribution < -0.4 is 5.32 Å². The molecule has 1 saturated heterocycles. The molecule has 0 saturated carbocycles. The van der Waals surface area contributed by atoms with Crippen molar-refractivity contribution in [3.05, 3.63) is 42.6 Å². The van der Waals surface area contributed by atoms with E-state index < -0.39 is 0 Å². The first-order valence-electron chi connectivity index (χ1n) is 7.30. The van der Waals surface area contributed by atoms with Crippen LogP contribution in [0.15, 0.2) is 37.1 Å². The highest BCUT2D eigenvalue weighted by Gasteiger charge is 2.30. The number of ether oxygens (including phenoxy) is 1. The maximum atomic E-state index is 12.2. The zero-order valence-corrected chi connectivity index (χ0v) is 12.5. The predicted octanol–water partition coefficient (Wildman–Crippen LogP) is 1.84. The summed E-state index contributed by atoms with van der Waals surface area (Å²) in [7, 11) is 0. The van der Waals surface area contributed by atoms with Crippen molar-refractivity contribution in [3.8, 4) is 11.3 Å². The first-order valence-corrected chi connectivity index (χ1v) is 7.30. The normalized spacial score (nSPS) is 20.8. The van der Waals surface area contributed by atoms with Crippen LogP contribution in [0.3, 0.4) is 0 Å². The smallest absolute Gasteiger partial charge is 0.252 e. The monoisotopic (exact) mass is 298 g/mol. The Morgan fingerprint density at radius 1 is 1.32 bits per heavy atom. The van der Waals surface area contributed by atoms with E-state index in [1.165, 1.54) is 6.33 Å². The molecule has 1 N–H and O–H groups in total. The molecule has 0 aromatic carbocycles. The Kier molecular flexibility index (Phi) is 4.11. The van der Waals surface area contributed by atoms with Crippen molar-refractivity contribution in [1.82, 2.24) is 20.3 Å². The second kappa shape index (κ2) is 6.19. The van der Waals surface area contributed by atoms with Crippen molar-refractivity contribution in [3.63, 3.8) is 0 Å². The van der Waals surface area contributed by atoms with Crippen molar-refractivity contribution in [1.29, 1.82) is 0 Å². The molecule has 3 heterocycles. The molecule has 1 unspecified atom stereocenters. The second-order valence-corrected chi connectivity index (χ2v) is 5.64. The summed E-state index contributed by atoms with van der Waals surface area (Å²) in [6.07, 6.45) is 8.42. The van der Waals surface area contributed by atoms with Gasteiger partial charge in [0.05, 0.1) is 16.9 Å². The van der Waals surface area contributed by atoms with Gasteiger partial charge in [0, 0.05) is 37.3 Å². The molecule has 1 aliphatic rings. The minimum absolute atomic E-state index is 0.139. The van der Waals surface area contributed by atoms with E-state index in [2.05, 4.69) is 20.3 Å². The first kappa shape index (κ1) is 14.6. The third-order valence-electron chi connectivity index (χ3n) is 3.81. The predicted molar refractivity (Wildman–Crippen MR) is 81.2 cm³/mol. The molecule has 3 rings (SSSR count). The molecule has 22 heavy (non-hydrogen) atoms. The maximum absolute atomic E-state index is 12.2. The number of hydrogen-bond acceptors (Lipinski definition) is 5. The molecular weight excluding hydrogens is 280 g/mol. The molecule has 6 heteroatoms. The van der Waals surface area contributed by atoms with Crippen LogP contribution in [-0.4, -0.2) is 39.6 Å². The van der Waals surface area contributed by atoms with Crippen molar-refractivity contribution in [2.24, 2.45) is 0 Å². The molecule has 114 valence electrons. The first-order chi connectivity index (χ1) is 10.7. The van der Waals surface area contributed by atoms with Crippen LogP contribution >= 0.6 is 0 Å². The summed E-state index contributed by atoms with van der Waals surface area (Å²) in [6.45, 7) is 3.30. The van der Waals surface area contributed by atoms with Crippen LogP contribution in [0.1, 0.15) is 30.1 Å². The summed E-state index contributed by atoms with van der Waals surface area (Å²) < 4.78 is 5.66. The van der Waals surface area contributed by atoms with Gasteiger partial charge in [0.25, 0.3) is 5.91 Å². The molecule has 1 amide bonds. The Bertz CT molecular complexity index is 637. The molecule has 1 fully saturated rings. The highest BCUT2D eigenvalue weighted by molar-refractivity contribution is 5.94. The van der Waals surface area contributed by atoms with Gasteiger partial charge in [0.2, 0.25) is 0 Å². The summed E-state index contributed by atoms with van der Waals surface area (Å²) >= 11 is 0. The van der Waals surface area contributed by atoms with E-state index in [0.29, 0.717) is 12.1 Å². The zero-order chi connectivity index (χ0) is 15.4. The van der Waals surface area contributed by atoms with E-state index in [1.807, 2.05) is 6.92 Å². The second-order valence-electron chi connectivity index (χ2n) is 5.64. The fourth-order valence-electron chi connectivity index (χ4n) is 2.48. The van der Waals surface area contributed by atoms with Crippen molar-refractivity contribution in [2.45, 2.75) is 25.4 Å². The van der Waals surface area contributed by atoms with E-state index in [1.54, 1.807) is 30.7 Å². The van der Waals surface area contributed by atoms with Gasteiger partial charge >= 0.3 is 0 Å². The number of aromatic nitrogens is 3. The highest BCUT2D eigenvalue weighted by atomic mass is 16.5. The average molecular weight is 298 g/mol. The Labute approximate surface area is 129 Å². The molecule has 0 aliphatic carbocycles. The quantitative estimate of drug-likeness (QED) is 0.932. The lowest BCUT2D eigenvalue weighted by atomic mass is 10.0. The number of amides is 1. The summed E-state index contributed by atoms with van der Waals surface area (Å²) in [5.41, 5.74) is 1.84. The third kappa shape index (κ3) is 3.28. The van der Waals surface area contributed by atoms with Crippen molar-refractivity contribution in [2.75, 3.05) is 13.2 Å². The van der Waals surface area contributed by atoms with E-state index >= 15 is 0 Å². The molecule has 6 nitrogen and oxygen atoms in total. The van der Waals surface area contributed by atoms with E-state index in [0.717, 1.165) is 30.7 Å².